The Labute approximate surface area is 92.5 Å². The fourth-order valence-corrected chi connectivity index (χ4v) is 1.82. The van der Waals surface area contributed by atoms with Gasteiger partial charge < -0.3 is 0 Å². The van der Waals surface area contributed by atoms with Crippen molar-refractivity contribution in [2.24, 2.45) is 0 Å². The molecule has 0 unspecified atom stereocenters. The number of aromatic nitrogens is 1. The van der Waals surface area contributed by atoms with Crippen LogP contribution in [0, 0.1) is 3.70 Å². The summed E-state index contributed by atoms with van der Waals surface area (Å²) in [6.07, 6.45) is 0. The number of para-hydroxylation sites is 1. The Morgan fingerprint density at radius 2 is 2.00 bits per heavy atom. The number of nitrogens with zero attached hydrogens (tertiary/aromatic N) is 1. The van der Waals surface area contributed by atoms with Crippen molar-refractivity contribution in [2.45, 2.75) is 0 Å². The summed E-state index contributed by atoms with van der Waals surface area (Å²) >= 11 is 5.66. The van der Waals surface area contributed by atoms with Crippen LogP contribution in [-0.2, 0) is 0 Å². The van der Waals surface area contributed by atoms with E-state index in [9.17, 15) is 0 Å². The highest BCUT2D eigenvalue weighted by molar-refractivity contribution is 14.1. The van der Waals surface area contributed by atoms with Gasteiger partial charge in [0.05, 0.1) is 9.99 Å². The number of pyridine rings is 1. The first-order valence-electron chi connectivity index (χ1n) is 3.48. The third kappa shape index (κ3) is 1.47. The molecule has 60 valence electrons. The number of hydrogen-bond donors (Lipinski definition) is 0. The standard InChI is InChI=1S/C9H5BrIN/c10-7-5-6-3-1-2-4-8(6)12-9(7)11/h1-5H. The topological polar surface area (TPSA) is 12.9 Å². The highest BCUT2D eigenvalue weighted by atomic mass is 127. The van der Waals surface area contributed by atoms with Crippen LogP contribution in [0.25, 0.3) is 10.9 Å². The molecule has 1 aromatic carbocycles. The van der Waals surface area contributed by atoms with Gasteiger partial charge in [-0.05, 0) is 50.7 Å². The first kappa shape index (κ1) is 8.44. The average Bonchev–Trinajstić information content (AvgIpc) is 2.07. The first-order chi connectivity index (χ1) is 5.77. The van der Waals surface area contributed by atoms with Crippen molar-refractivity contribution in [3.05, 3.63) is 38.5 Å². The molecule has 2 rings (SSSR count). The summed E-state index contributed by atoms with van der Waals surface area (Å²) in [5, 5.41) is 1.17. The fraction of sp³-hybridized carbons (Fsp3) is 0. The zero-order valence-electron chi connectivity index (χ0n) is 6.09. The highest BCUT2D eigenvalue weighted by Crippen LogP contribution is 2.22. The second-order valence-electron chi connectivity index (χ2n) is 2.45. The number of rotatable bonds is 0. The van der Waals surface area contributed by atoms with Crippen LogP contribution >= 0.6 is 38.5 Å². The molecule has 0 radical (unpaired) electrons. The summed E-state index contributed by atoms with van der Waals surface area (Å²) in [7, 11) is 0. The van der Waals surface area contributed by atoms with Gasteiger partial charge in [0.1, 0.15) is 3.70 Å². The van der Waals surface area contributed by atoms with Gasteiger partial charge in [-0.25, -0.2) is 4.98 Å². The Hall–Kier alpha value is -0.160. The van der Waals surface area contributed by atoms with Gasteiger partial charge in [0, 0.05) is 5.39 Å². The summed E-state index contributed by atoms with van der Waals surface area (Å²) < 4.78 is 2.06. The molecule has 0 atom stereocenters. The first-order valence-corrected chi connectivity index (χ1v) is 5.35. The molecule has 0 aliphatic heterocycles. The van der Waals surface area contributed by atoms with Crippen molar-refractivity contribution in [3.8, 4) is 0 Å². The maximum absolute atomic E-state index is 4.41. The second kappa shape index (κ2) is 3.30. The quantitative estimate of drug-likeness (QED) is 0.530. The predicted molar refractivity (Wildman–Crippen MR) is 62.2 cm³/mol. The molecule has 3 heteroatoms. The molecule has 0 fully saturated rings. The van der Waals surface area contributed by atoms with Gasteiger partial charge in [0.2, 0.25) is 0 Å². The number of halogens is 2. The minimum absolute atomic E-state index is 1.01. The van der Waals surface area contributed by atoms with Crippen LogP contribution in [-0.4, -0.2) is 4.98 Å². The zero-order chi connectivity index (χ0) is 8.55. The van der Waals surface area contributed by atoms with Crippen LogP contribution < -0.4 is 0 Å². The molecule has 12 heavy (non-hydrogen) atoms. The summed E-state index contributed by atoms with van der Waals surface area (Å²) in [5.41, 5.74) is 1.05. The molecule has 2 aromatic rings. The molecule has 1 aromatic heterocycles. The molecular formula is C9H5BrIN. The minimum atomic E-state index is 1.01. The lowest BCUT2D eigenvalue weighted by Gasteiger charge is -1.98. The van der Waals surface area contributed by atoms with Gasteiger partial charge >= 0.3 is 0 Å². The Balaban J connectivity index is 2.84. The van der Waals surface area contributed by atoms with E-state index in [0.29, 0.717) is 0 Å². The Morgan fingerprint density at radius 1 is 1.25 bits per heavy atom. The Kier molecular flexibility index (Phi) is 2.32. The average molecular weight is 334 g/mol. The van der Waals surface area contributed by atoms with Gasteiger partial charge in [0.25, 0.3) is 0 Å². The molecule has 1 nitrogen and oxygen atoms in total. The van der Waals surface area contributed by atoms with Crippen LogP contribution in [0.15, 0.2) is 34.8 Å². The van der Waals surface area contributed by atoms with Gasteiger partial charge in [-0.2, -0.15) is 0 Å². The van der Waals surface area contributed by atoms with Crippen LogP contribution in [0.5, 0.6) is 0 Å². The van der Waals surface area contributed by atoms with Crippen LogP contribution in [0.4, 0.5) is 0 Å². The van der Waals surface area contributed by atoms with E-state index in [1.807, 2.05) is 18.2 Å². The second-order valence-corrected chi connectivity index (χ2v) is 4.33. The van der Waals surface area contributed by atoms with Crippen molar-refractivity contribution >= 4 is 49.4 Å². The largest absolute Gasteiger partial charge is 0.241 e. The highest BCUT2D eigenvalue weighted by Gasteiger charge is 1.99. The van der Waals surface area contributed by atoms with E-state index in [-0.39, 0.29) is 0 Å². The molecule has 0 spiro atoms. The van der Waals surface area contributed by atoms with E-state index in [0.717, 1.165) is 13.7 Å². The SMILES string of the molecule is Brc1cc2ccccc2nc1I. The monoisotopic (exact) mass is 333 g/mol. The lowest BCUT2D eigenvalue weighted by Crippen LogP contribution is -1.83. The van der Waals surface area contributed by atoms with Crippen LogP contribution in [0.3, 0.4) is 0 Å². The van der Waals surface area contributed by atoms with Gasteiger partial charge in [-0.1, -0.05) is 18.2 Å². The van der Waals surface area contributed by atoms with E-state index in [1.54, 1.807) is 0 Å². The molecule has 0 saturated heterocycles. The summed E-state index contributed by atoms with van der Waals surface area (Å²) in [6.45, 7) is 0. The summed E-state index contributed by atoms with van der Waals surface area (Å²) in [6, 6.07) is 10.2. The van der Waals surface area contributed by atoms with E-state index >= 15 is 0 Å². The maximum Gasteiger partial charge on any atom is 0.116 e. The molecule has 0 saturated carbocycles. The van der Waals surface area contributed by atoms with Crippen molar-refractivity contribution < 1.29 is 0 Å². The van der Waals surface area contributed by atoms with E-state index in [1.165, 1.54) is 5.39 Å². The molecular weight excluding hydrogens is 329 g/mol. The predicted octanol–water partition coefficient (Wildman–Crippen LogP) is 3.60. The molecule has 0 bridgehead atoms. The van der Waals surface area contributed by atoms with E-state index in [2.05, 4.69) is 55.6 Å². The van der Waals surface area contributed by atoms with Crippen molar-refractivity contribution in [1.82, 2.24) is 4.98 Å². The minimum Gasteiger partial charge on any atom is -0.241 e. The lowest BCUT2D eigenvalue weighted by atomic mass is 10.2. The Morgan fingerprint density at radius 3 is 2.83 bits per heavy atom. The summed E-state index contributed by atoms with van der Waals surface area (Å²) in [5.74, 6) is 0. The van der Waals surface area contributed by atoms with Crippen molar-refractivity contribution in [3.63, 3.8) is 0 Å². The molecule has 0 aliphatic rings. The number of benzene rings is 1. The van der Waals surface area contributed by atoms with Crippen molar-refractivity contribution in [1.29, 1.82) is 0 Å². The number of hydrogen-bond acceptors (Lipinski definition) is 1. The van der Waals surface area contributed by atoms with Gasteiger partial charge in [-0.3, -0.25) is 0 Å². The van der Waals surface area contributed by atoms with Gasteiger partial charge in [0.15, 0.2) is 0 Å². The zero-order valence-corrected chi connectivity index (χ0v) is 9.83. The molecule has 1 heterocycles. The van der Waals surface area contributed by atoms with Crippen LogP contribution in [0.2, 0.25) is 0 Å². The molecule has 0 aliphatic carbocycles. The Bertz CT molecular complexity index is 387. The van der Waals surface area contributed by atoms with E-state index in [4.69, 9.17) is 0 Å². The van der Waals surface area contributed by atoms with Crippen LogP contribution in [0.1, 0.15) is 0 Å². The van der Waals surface area contributed by atoms with Crippen molar-refractivity contribution in [2.75, 3.05) is 0 Å². The normalized spacial score (nSPS) is 10.5. The molecule has 0 amide bonds. The smallest absolute Gasteiger partial charge is 0.116 e. The lowest BCUT2D eigenvalue weighted by molar-refractivity contribution is 1.32. The third-order valence-corrected chi connectivity index (χ3v) is 3.80. The fourth-order valence-electron chi connectivity index (χ4n) is 1.07. The number of fused-ring (bicyclic) bond motifs is 1. The van der Waals surface area contributed by atoms with Gasteiger partial charge in [-0.15, -0.1) is 0 Å². The van der Waals surface area contributed by atoms with E-state index < -0.39 is 0 Å². The molecule has 0 N–H and O–H groups in total. The maximum atomic E-state index is 4.41. The third-order valence-electron chi connectivity index (χ3n) is 1.63. The summed E-state index contributed by atoms with van der Waals surface area (Å²) in [4.78, 5) is 4.41.